The van der Waals surface area contributed by atoms with Crippen molar-refractivity contribution in [2.24, 2.45) is 0 Å². The van der Waals surface area contributed by atoms with Crippen LogP contribution in [0.4, 0.5) is 0 Å². The van der Waals surface area contributed by atoms with Crippen LogP contribution >= 0.6 is 0 Å². The Kier molecular flexibility index (Phi) is 6.56. The number of nitrogens with zero attached hydrogens (tertiary/aromatic N) is 2. The summed E-state index contributed by atoms with van der Waals surface area (Å²) >= 11 is 0. The van der Waals surface area contributed by atoms with E-state index in [4.69, 9.17) is 0 Å². The van der Waals surface area contributed by atoms with Gasteiger partial charge in [-0.3, -0.25) is 19.4 Å². The largest absolute Gasteiger partial charge is 0.481 e. The molecule has 2 saturated heterocycles. The first kappa shape index (κ1) is 19.1. The van der Waals surface area contributed by atoms with Crippen molar-refractivity contribution in [3.63, 3.8) is 0 Å². The van der Waals surface area contributed by atoms with E-state index in [1.54, 1.807) is 0 Å². The molecule has 2 unspecified atom stereocenters. The molecule has 4 N–H and O–H groups in total. The highest BCUT2D eigenvalue weighted by Crippen LogP contribution is 2.30. The Morgan fingerprint density at radius 3 is 2.04 bits per heavy atom. The lowest BCUT2D eigenvalue weighted by Gasteiger charge is -2.51. The predicted octanol–water partition coefficient (Wildman–Crippen LogP) is -0.0428. The van der Waals surface area contributed by atoms with Gasteiger partial charge in [-0.15, -0.1) is 0 Å². The van der Waals surface area contributed by atoms with Crippen molar-refractivity contribution in [2.45, 2.75) is 57.4 Å². The van der Waals surface area contributed by atoms with E-state index in [0.29, 0.717) is 13.1 Å². The second kappa shape index (κ2) is 8.24. The van der Waals surface area contributed by atoms with Gasteiger partial charge in [0.1, 0.15) is 0 Å². The number of carboxylic acid groups (broad SMARTS) is 2. The van der Waals surface area contributed by atoms with Gasteiger partial charge >= 0.3 is 11.9 Å². The molecule has 2 aliphatic rings. The van der Waals surface area contributed by atoms with Gasteiger partial charge in [0, 0.05) is 19.6 Å². The fourth-order valence-electron chi connectivity index (χ4n) is 4.05. The van der Waals surface area contributed by atoms with E-state index in [9.17, 15) is 19.8 Å². The van der Waals surface area contributed by atoms with Crippen molar-refractivity contribution in [3.8, 4) is 0 Å². The lowest BCUT2D eigenvalue weighted by molar-refractivity contribution is -0.149. The Hall–Kier alpha value is -1.22. The van der Waals surface area contributed by atoms with Crippen LogP contribution in [0.2, 0.25) is 0 Å². The van der Waals surface area contributed by atoms with Crippen LogP contribution in [0.25, 0.3) is 0 Å². The summed E-state index contributed by atoms with van der Waals surface area (Å²) in [4.78, 5) is 27.4. The molecule has 0 aromatic carbocycles. The number of rotatable bonds is 7. The van der Waals surface area contributed by atoms with Crippen LogP contribution in [0.15, 0.2) is 0 Å². The lowest BCUT2D eigenvalue weighted by atomic mass is 9.86. The summed E-state index contributed by atoms with van der Waals surface area (Å²) in [6, 6.07) is 0. The molecule has 2 atom stereocenters. The summed E-state index contributed by atoms with van der Waals surface area (Å²) in [5.74, 6) is -1.90. The van der Waals surface area contributed by atoms with Crippen molar-refractivity contribution >= 4 is 11.9 Å². The monoisotopic (exact) mass is 342 g/mol. The maximum atomic E-state index is 11.6. The van der Waals surface area contributed by atoms with Gasteiger partial charge in [-0.25, -0.2) is 0 Å². The molecule has 24 heavy (non-hydrogen) atoms. The van der Waals surface area contributed by atoms with E-state index in [1.807, 2.05) is 13.8 Å². The molecule has 0 aliphatic carbocycles. The molecule has 0 radical (unpaired) electrons. The standard InChI is InChI=1S/C16H30N4O4/c1-12-17-5-3-7-19(12)11-16(9-14(21)22,10-15(23)24)20-8-4-6-18-13(20)2/h12-13,17-18H,3-11H2,1-2H3,(H,21,22)(H,23,24). The van der Waals surface area contributed by atoms with Crippen LogP contribution in [0.3, 0.4) is 0 Å². The quantitative estimate of drug-likeness (QED) is 0.511. The number of carbonyl (C=O) groups is 2. The summed E-state index contributed by atoms with van der Waals surface area (Å²) in [6.07, 6.45) is 1.61. The molecule has 0 amide bonds. The fourth-order valence-corrected chi connectivity index (χ4v) is 4.05. The van der Waals surface area contributed by atoms with Gasteiger partial charge in [-0.1, -0.05) is 0 Å². The average molecular weight is 342 g/mol. The molecular weight excluding hydrogens is 312 g/mol. The van der Waals surface area contributed by atoms with Gasteiger partial charge in [0.25, 0.3) is 0 Å². The molecule has 0 aromatic rings. The fraction of sp³-hybridized carbons (Fsp3) is 0.875. The molecule has 0 bridgehead atoms. The van der Waals surface area contributed by atoms with E-state index < -0.39 is 17.5 Å². The van der Waals surface area contributed by atoms with E-state index in [0.717, 1.165) is 32.5 Å². The molecule has 2 rings (SSSR count). The number of carboxylic acids is 2. The Labute approximate surface area is 143 Å². The Balaban J connectivity index is 2.31. The van der Waals surface area contributed by atoms with Crippen LogP contribution in [0.5, 0.6) is 0 Å². The van der Waals surface area contributed by atoms with Gasteiger partial charge in [-0.2, -0.15) is 0 Å². The molecule has 2 heterocycles. The van der Waals surface area contributed by atoms with E-state index in [1.165, 1.54) is 0 Å². The third-order valence-corrected chi connectivity index (χ3v) is 5.16. The van der Waals surface area contributed by atoms with Crippen molar-refractivity contribution in [2.75, 3.05) is 32.7 Å². The van der Waals surface area contributed by atoms with Gasteiger partial charge in [-0.05, 0) is 39.8 Å². The third-order valence-electron chi connectivity index (χ3n) is 5.16. The topological polar surface area (TPSA) is 105 Å². The minimum absolute atomic E-state index is 0.0366. The van der Waals surface area contributed by atoms with E-state index in [2.05, 4.69) is 20.4 Å². The zero-order chi connectivity index (χ0) is 17.7. The lowest BCUT2D eigenvalue weighted by Crippen LogP contribution is -2.67. The Morgan fingerprint density at radius 1 is 1.00 bits per heavy atom. The van der Waals surface area contributed by atoms with E-state index in [-0.39, 0.29) is 25.2 Å². The molecule has 0 aromatic heterocycles. The zero-order valence-corrected chi connectivity index (χ0v) is 14.6. The first-order valence-corrected chi connectivity index (χ1v) is 8.75. The third kappa shape index (κ3) is 4.66. The van der Waals surface area contributed by atoms with Crippen molar-refractivity contribution in [1.82, 2.24) is 20.4 Å². The number of hydrogen-bond donors (Lipinski definition) is 4. The molecule has 2 fully saturated rings. The minimum Gasteiger partial charge on any atom is -0.481 e. The van der Waals surface area contributed by atoms with Crippen LogP contribution < -0.4 is 10.6 Å². The second-order valence-electron chi connectivity index (χ2n) is 7.00. The molecular formula is C16H30N4O4. The first-order chi connectivity index (χ1) is 11.3. The van der Waals surface area contributed by atoms with Gasteiger partial charge < -0.3 is 20.8 Å². The van der Waals surface area contributed by atoms with Crippen LogP contribution in [-0.2, 0) is 9.59 Å². The van der Waals surface area contributed by atoms with Crippen LogP contribution in [-0.4, -0.2) is 82.5 Å². The SMILES string of the molecule is CC1NCCCN1CC(CC(=O)O)(CC(=O)O)N1CCCNC1C. The number of hydrogen-bond acceptors (Lipinski definition) is 6. The molecule has 0 spiro atoms. The molecule has 138 valence electrons. The molecule has 2 aliphatic heterocycles. The summed E-state index contributed by atoms with van der Waals surface area (Å²) in [5, 5.41) is 25.7. The van der Waals surface area contributed by atoms with Crippen molar-refractivity contribution in [1.29, 1.82) is 0 Å². The van der Waals surface area contributed by atoms with Gasteiger partial charge in [0.05, 0.1) is 30.7 Å². The maximum Gasteiger partial charge on any atom is 0.305 e. The Morgan fingerprint density at radius 2 is 1.54 bits per heavy atom. The maximum absolute atomic E-state index is 11.6. The second-order valence-corrected chi connectivity index (χ2v) is 7.00. The highest BCUT2D eigenvalue weighted by molar-refractivity contribution is 5.73. The predicted molar refractivity (Wildman–Crippen MR) is 89.7 cm³/mol. The Bertz CT molecular complexity index is 443. The van der Waals surface area contributed by atoms with Crippen LogP contribution in [0, 0.1) is 0 Å². The molecule has 8 heteroatoms. The van der Waals surface area contributed by atoms with E-state index >= 15 is 0 Å². The van der Waals surface area contributed by atoms with Gasteiger partial charge in [0.2, 0.25) is 0 Å². The van der Waals surface area contributed by atoms with Crippen LogP contribution in [0.1, 0.15) is 39.5 Å². The summed E-state index contributed by atoms with van der Waals surface area (Å²) in [7, 11) is 0. The zero-order valence-electron chi connectivity index (χ0n) is 14.6. The smallest absolute Gasteiger partial charge is 0.305 e. The summed E-state index contributed by atoms with van der Waals surface area (Å²) in [5.41, 5.74) is -0.919. The van der Waals surface area contributed by atoms with Gasteiger partial charge in [0.15, 0.2) is 0 Å². The highest BCUT2D eigenvalue weighted by atomic mass is 16.4. The number of nitrogens with one attached hydrogen (secondary N) is 2. The first-order valence-electron chi connectivity index (χ1n) is 8.75. The highest BCUT2D eigenvalue weighted by Gasteiger charge is 2.45. The normalized spacial score (nSPS) is 27.1. The molecule has 8 nitrogen and oxygen atoms in total. The van der Waals surface area contributed by atoms with Crippen molar-refractivity contribution in [3.05, 3.63) is 0 Å². The summed E-state index contributed by atoms with van der Waals surface area (Å²) in [6.45, 7) is 7.83. The average Bonchev–Trinajstić information content (AvgIpc) is 2.48. The summed E-state index contributed by atoms with van der Waals surface area (Å²) < 4.78 is 0. The minimum atomic E-state index is -0.952. The van der Waals surface area contributed by atoms with Crippen molar-refractivity contribution < 1.29 is 19.8 Å². The molecule has 0 saturated carbocycles. The number of aliphatic carboxylic acids is 2.